The molecule has 5 aliphatic rings. The van der Waals surface area contributed by atoms with Gasteiger partial charge in [-0.15, -0.1) is 53.1 Å². The van der Waals surface area contributed by atoms with Gasteiger partial charge in [0.05, 0.1) is 0 Å². The predicted octanol–water partition coefficient (Wildman–Crippen LogP) is 4.80. The zero-order valence-electron chi connectivity index (χ0n) is 26.0. The molecule has 5 aromatic rings. The Morgan fingerprint density at radius 2 is 1.07 bits per heavy atom. The van der Waals surface area contributed by atoms with E-state index >= 15 is 0 Å². The summed E-state index contributed by atoms with van der Waals surface area (Å²) < 4.78 is 1.42. The third kappa shape index (κ3) is 7.28. The van der Waals surface area contributed by atoms with Crippen molar-refractivity contribution in [2.24, 2.45) is 23.2 Å². The van der Waals surface area contributed by atoms with E-state index in [1.165, 1.54) is 79.4 Å². The molecular weight excluding hydrogens is 667 g/mol. The summed E-state index contributed by atoms with van der Waals surface area (Å²) >= 11 is 1.46. The van der Waals surface area contributed by atoms with Gasteiger partial charge < -0.3 is 24.8 Å². The maximum Gasteiger partial charge on any atom is -0.0771 e. The Morgan fingerprint density at radius 3 is 1.49 bits per heavy atom. The molecule has 0 radical (unpaired) electrons. The number of hydrogen-bond donors (Lipinski definition) is 0. The zero-order valence-corrected chi connectivity index (χ0v) is 30.0. The number of allylic oxidation sites excluding steroid dienone is 4. The van der Waals surface area contributed by atoms with Gasteiger partial charge in [0.2, 0.25) is 0 Å². The molecule has 0 unspecified atom stereocenters. The van der Waals surface area contributed by atoms with Crippen molar-refractivity contribution in [3.8, 4) is 0 Å². The molecule has 10 rings (SSSR count). The molecule has 0 atom stereocenters. The van der Waals surface area contributed by atoms with Crippen LogP contribution in [0, 0.1) is 29.2 Å². The van der Waals surface area contributed by atoms with E-state index in [2.05, 4.69) is 134 Å². The third-order valence-electron chi connectivity index (χ3n) is 10.3. The number of halogens is 2. The maximum atomic E-state index is 3.69. The molecule has 5 aromatic carbocycles. The Bertz CT molecular complexity index is 1670. The van der Waals surface area contributed by atoms with E-state index in [9.17, 15) is 0 Å². The molecule has 0 N–H and O–H groups in total. The smallest absolute Gasteiger partial charge is 0.0771 e. The maximum absolute atomic E-state index is 3.69. The zero-order chi connectivity index (χ0) is 29.2. The summed E-state index contributed by atoms with van der Waals surface area (Å²) in [5.41, 5.74) is 6.45. The van der Waals surface area contributed by atoms with Crippen molar-refractivity contribution in [3.63, 3.8) is 0 Å². The minimum atomic E-state index is 0. The molecule has 0 nitrogen and oxygen atoms in total. The van der Waals surface area contributed by atoms with Gasteiger partial charge in [-0.05, 0) is 61.7 Å². The van der Waals surface area contributed by atoms with Crippen LogP contribution < -0.4 is 24.8 Å². The average molecular weight is 707 g/mol. The van der Waals surface area contributed by atoms with Crippen LogP contribution in [-0.4, -0.2) is 3.21 Å². The second kappa shape index (κ2) is 15.0. The second-order valence-electron chi connectivity index (χ2n) is 13.3. The summed E-state index contributed by atoms with van der Waals surface area (Å²) in [6, 6.07) is 40.4. The fourth-order valence-electron chi connectivity index (χ4n) is 8.85. The first kappa shape index (κ1) is 33.9. The normalized spacial score (nSPS) is 23.8. The molecule has 0 aliphatic heterocycles. The van der Waals surface area contributed by atoms with Crippen LogP contribution >= 0.6 is 0 Å². The van der Waals surface area contributed by atoms with Gasteiger partial charge in [0.15, 0.2) is 0 Å². The largest absolute Gasteiger partial charge is 0.126 e. The quantitative estimate of drug-likeness (QED) is 0.237. The van der Waals surface area contributed by atoms with Gasteiger partial charge in [-0.1, -0.05) is 36.4 Å². The topological polar surface area (TPSA) is 0 Å². The van der Waals surface area contributed by atoms with Gasteiger partial charge in [0, 0.05) is 0 Å². The predicted molar refractivity (Wildman–Crippen MR) is 179 cm³/mol. The van der Waals surface area contributed by atoms with Crippen LogP contribution in [0.2, 0.25) is 0 Å². The van der Waals surface area contributed by atoms with E-state index < -0.39 is 0 Å². The first-order valence-electron chi connectivity index (χ1n) is 16.1. The number of rotatable bonds is 3. The van der Waals surface area contributed by atoms with E-state index in [1.807, 2.05) is 0 Å². The van der Waals surface area contributed by atoms with E-state index in [0.29, 0.717) is 5.41 Å². The van der Waals surface area contributed by atoms with Crippen molar-refractivity contribution in [2.75, 3.05) is 0 Å². The standard InChI is InChI=1S/C16H21.C13H9.C13H10.2ClH.Zr/c1-11-3-2-4-15(11)16-8-12-5-13(9-16)7-14(6-12)10-16;1-3-7-12-10(5-1)9-11-6-2-4-8-13(11)12;1-3-7-12(8-4-1)11-13-9-5-2-6-10-13;;;/h3,12-14H,2,5-10H2,1H3;1-9H;1-10H;2*1H;/q2*-1;;;;+2/p-2. The average Bonchev–Trinajstić information content (AvgIpc) is 3.65. The Labute approximate surface area is 296 Å². The summed E-state index contributed by atoms with van der Waals surface area (Å²) in [5, 5.41) is 5.39. The molecule has 4 saturated carbocycles. The van der Waals surface area contributed by atoms with E-state index in [1.54, 1.807) is 30.4 Å². The van der Waals surface area contributed by atoms with E-state index in [-0.39, 0.29) is 24.8 Å². The molecule has 0 spiro atoms. The number of benzene rings is 4. The summed E-state index contributed by atoms with van der Waals surface area (Å²) in [5.74, 6) is 3.19. The molecule has 0 saturated heterocycles. The van der Waals surface area contributed by atoms with E-state index in [4.69, 9.17) is 0 Å². The molecular formula is C42H40Cl2Zr-2. The summed E-state index contributed by atoms with van der Waals surface area (Å²) in [6.07, 6.45) is 16.3. The van der Waals surface area contributed by atoms with Gasteiger partial charge in [-0.25, -0.2) is 11.1 Å². The van der Waals surface area contributed by atoms with Crippen LogP contribution in [0.15, 0.2) is 132 Å². The van der Waals surface area contributed by atoms with Crippen LogP contribution in [0.5, 0.6) is 0 Å². The molecule has 5 aliphatic carbocycles. The monoisotopic (exact) mass is 704 g/mol. The summed E-state index contributed by atoms with van der Waals surface area (Å²) in [6.45, 7) is 2.31. The van der Waals surface area contributed by atoms with Gasteiger partial charge >= 0.3 is 99.2 Å². The van der Waals surface area contributed by atoms with Gasteiger partial charge in [-0.2, -0.15) is 6.08 Å². The Kier molecular flexibility index (Phi) is 11.3. The fraction of sp³-hybridized carbons (Fsp3) is 0.286. The second-order valence-corrected chi connectivity index (χ2v) is 14.5. The summed E-state index contributed by atoms with van der Waals surface area (Å²) in [4.78, 5) is 0. The SMILES string of the molecule is CC1=CC[C-]=C1C12CC3CC(CC(C3)C1)C2.[Cl-].[Cl-].[Zr+2]=[C](c1ccccc1)c1ccccc1.c1ccc2c(c1)[cH-]c1ccccc12. The van der Waals surface area contributed by atoms with Gasteiger partial charge in [0.1, 0.15) is 0 Å². The van der Waals surface area contributed by atoms with Crippen molar-refractivity contribution in [3.05, 3.63) is 150 Å². The van der Waals surface area contributed by atoms with Crippen LogP contribution in [0.4, 0.5) is 0 Å². The molecule has 4 fully saturated rings. The first-order valence-corrected chi connectivity index (χ1v) is 17.3. The molecule has 228 valence electrons. The Hall–Kier alpha value is -2.44. The van der Waals surface area contributed by atoms with E-state index in [0.717, 1.165) is 24.2 Å². The number of hydrogen-bond acceptors (Lipinski definition) is 0. The molecule has 0 amide bonds. The molecule has 3 heteroatoms. The minimum Gasteiger partial charge on any atom is -0.126 e. The van der Waals surface area contributed by atoms with Crippen molar-refractivity contribution < 1.29 is 49.0 Å². The Morgan fingerprint density at radius 1 is 0.644 bits per heavy atom. The molecule has 4 bridgehead atoms. The third-order valence-corrected chi connectivity index (χ3v) is 11.7. The first-order chi connectivity index (χ1) is 21.1. The van der Waals surface area contributed by atoms with Gasteiger partial charge in [-0.3, -0.25) is 6.08 Å². The van der Waals surface area contributed by atoms with Crippen LogP contribution in [0.3, 0.4) is 0 Å². The van der Waals surface area contributed by atoms with Crippen LogP contribution in [0.25, 0.3) is 21.5 Å². The molecule has 0 aromatic heterocycles. The van der Waals surface area contributed by atoms with Crippen LogP contribution in [0.1, 0.15) is 63.0 Å². The van der Waals surface area contributed by atoms with Crippen molar-refractivity contribution in [1.29, 1.82) is 0 Å². The Balaban J connectivity index is 0.000000131. The fourth-order valence-corrected chi connectivity index (χ4v) is 9.67. The van der Waals surface area contributed by atoms with Crippen molar-refractivity contribution in [1.82, 2.24) is 0 Å². The molecule has 45 heavy (non-hydrogen) atoms. The minimum absolute atomic E-state index is 0. The molecule has 0 heterocycles. The summed E-state index contributed by atoms with van der Waals surface area (Å²) in [7, 11) is 0. The van der Waals surface area contributed by atoms with Crippen molar-refractivity contribution >= 4 is 24.8 Å². The van der Waals surface area contributed by atoms with Crippen LogP contribution in [-0.2, 0) is 24.2 Å². The number of fused-ring (bicyclic) bond motifs is 3. The van der Waals surface area contributed by atoms with Crippen molar-refractivity contribution in [2.45, 2.75) is 51.9 Å². The van der Waals surface area contributed by atoms with Gasteiger partial charge in [0.25, 0.3) is 0 Å².